The number of benzene rings is 2. The fourth-order valence-electron chi connectivity index (χ4n) is 1.86. The van der Waals surface area contributed by atoms with Crippen molar-refractivity contribution in [2.24, 2.45) is 0 Å². The number of hydrogen-bond acceptors (Lipinski definition) is 2. The number of carbonyl (C=O) groups is 1. The quantitative estimate of drug-likeness (QED) is 0.894. The van der Waals surface area contributed by atoms with Gasteiger partial charge in [-0.15, -0.1) is 0 Å². The molecule has 0 aliphatic carbocycles. The molecule has 0 bridgehead atoms. The van der Waals surface area contributed by atoms with Crippen LogP contribution in [0.1, 0.15) is 11.1 Å². The van der Waals surface area contributed by atoms with Crippen LogP contribution in [0, 0.1) is 11.6 Å². The van der Waals surface area contributed by atoms with Gasteiger partial charge >= 0.3 is 5.97 Å². The van der Waals surface area contributed by atoms with Gasteiger partial charge in [-0.25, -0.2) is 13.6 Å². The number of carboxylic acid groups (broad SMARTS) is 1. The zero-order valence-corrected chi connectivity index (χ0v) is 9.68. The molecule has 1 atom stereocenters. The molecule has 0 aliphatic heterocycles. The van der Waals surface area contributed by atoms with Gasteiger partial charge in [-0.2, -0.15) is 0 Å². The largest absolute Gasteiger partial charge is 0.479 e. The molecule has 0 saturated heterocycles. The predicted molar refractivity (Wildman–Crippen MR) is 63.4 cm³/mol. The van der Waals surface area contributed by atoms with E-state index in [1.54, 1.807) is 6.07 Å². The topological polar surface area (TPSA) is 57.5 Å². The molecule has 0 saturated carbocycles. The number of carboxylic acids is 1. The molecule has 0 amide bonds. The van der Waals surface area contributed by atoms with Crippen molar-refractivity contribution >= 4 is 5.97 Å². The lowest BCUT2D eigenvalue weighted by molar-refractivity contribution is -0.155. The first kappa shape index (κ1) is 13.2. The molecule has 0 aliphatic rings. The van der Waals surface area contributed by atoms with E-state index in [4.69, 9.17) is 0 Å². The van der Waals surface area contributed by atoms with Crippen molar-refractivity contribution in [1.29, 1.82) is 0 Å². The van der Waals surface area contributed by atoms with E-state index in [1.807, 2.05) is 0 Å². The molecule has 5 heteroatoms. The molecule has 1 unspecified atom stereocenters. The SMILES string of the molecule is O=C(O)C(O)(c1ccccc1)c1cccc(F)c1F. The molecule has 2 aromatic rings. The van der Waals surface area contributed by atoms with E-state index in [0.29, 0.717) is 0 Å². The summed E-state index contributed by atoms with van der Waals surface area (Å²) < 4.78 is 27.0. The third-order valence-corrected chi connectivity index (χ3v) is 2.84. The Bertz CT molecular complexity index is 613. The van der Waals surface area contributed by atoms with Gasteiger partial charge in [-0.05, 0) is 11.6 Å². The molecular formula is C14H10F2O3. The van der Waals surface area contributed by atoms with Crippen molar-refractivity contribution in [2.75, 3.05) is 0 Å². The van der Waals surface area contributed by atoms with Crippen LogP contribution in [0.2, 0.25) is 0 Å². The minimum atomic E-state index is -2.63. The fourth-order valence-corrected chi connectivity index (χ4v) is 1.86. The summed E-state index contributed by atoms with van der Waals surface area (Å²) in [7, 11) is 0. The average molecular weight is 264 g/mol. The Morgan fingerprint density at radius 1 is 1.00 bits per heavy atom. The summed E-state index contributed by atoms with van der Waals surface area (Å²) in [6.45, 7) is 0. The Morgan fingerprint density at radius 3 is 2.21 bits per heavy atom. The zero-order chi connectivity index (χ0) is 14.0. The van der Waals surface area contributed by atoms with Crippen LogP contribution in [0.25, 0.3) is 0 Å². The van der Waals surface area contributed by atoms with Crippen LogP contribution < -0.4 is 0 Å². The standard InChI is InChI=1S/C14H10F2O3/c15-11-8-4-7-10(12(11)16)14(19,13(17)18)9-5-2-1-3-6-9/h1-8,19H,(H,17,18). The first-order valence-corrected chi connectivity index (χ1v) is 5.43. The second-order valence-corrected chi connectivity index (χ2v) is 3.98. The maximum Gasteiger partial charge on any atom is 0.345 e. The Kier molecular flexibility index (Phi) is 3.31. The molecular weight excluding hydrogens is 254 g/mol. The Labute approximate surface area is 107 Å². The van der Waals surface area contributed by atoms with Crippen LogP contribution in [0.3, 0.4) is 0 Å². The lowest BCUT2D eigenvalue weighted by Crippen LogP contribution is -2.38. The molecule has 2 aromatic carbocycles. The Balaban J connectivity index is 2.71. The van der Waals surface area contributed by atoms with Crippen molar-refractivity contribution in [3.05, 3.63) is 71.3 Å². The van der Waals surface area contributed by atoms with Gasteiger partial charge in [0.15, 0.2) is 11.6 Å². The van der Waals surface area contributed by atoms with E-state index in [-0.39, 0.29) is 5.56 Å². The Morgan fingerprint density at radius 2 is 1.63 bits per heavy atom. The van der Waals surface area contributed by atoms with Crippen molar-refractivity contribution < 1.29 is 23.8 Å². The van der Waals surface area contributed by atoms with E-state index in [9.17, 15) is 23.8 Å². The normalized spacial score (nSPS) is 13.8. The summed E-state index contributed by atoms with van der Waals surface area (Å²) in [4.78, 5) is 11.3. The third-order valence-electron chi connectivity index (χ3n) is 2.84. The van der Waals surface area contributed by atoms with Gasteiger partial charge in [0.2, 0.25) is 5.60 Å². The molecule has 98 valence electrons. The highest BCUT2D eigenvalue weighted by Crippen LogP contribution is 2.32. The monoisotopic (exact) mass is 264 g/mol. The van der Waals surface area contributed by atoms with Gasteiger partial charge < -0.3 is 10.2 Å². The molecule has 0 radical (unpaired) electrons. The molecule has 0 fully saturated rings. The van der Waals surface area contributed by atoms with Gasteiger partial charge in [-0.1, -0.05) is 42.5 Å². The minimum Gasteiger partial charge on any atom is -0.479 e. The molecule has 0 aromatic heterocycles. The number of hydrogen-bond donors (Lipinski definition) is 2. The third kappa shape index (κ3) is 2.08. The van der Waals surface area contributed by atoms with E-state index in [0.717, 1.165) is 18.2 Å². The van der Waals surface area contributed by atoms with Crippen LogP contribution in [0.5, 0.6) is 0 Å². The predicted octanol–water partition coefficient (Wildman–Crippen LogP) is 2.29. The molecule has 2 N–H and O–H groups in total. The second-order valence-electron chi connectivity index (χ2n) is 3.98. The number of aliphatic carboxylic acids is 1. The van der Waals surface area contributed by atoms with Crippen molar-refractivity contribution in [3.8, 4) is 0 Å². The highest BCUT2D eigenvalue weighted by atomic mass is 19.2. The first-order chi connectivity index (χ1) is 8.98. The maximum absolute atomic E-state index is 13.7. The number of rotatable bonds is 3. The van der Waals surface area contributed by atoms with Crippen LogP contribution in [0.15, 0.2) is 48.5 Å². The van der Waals surface area contributed by atoms with Crippen LogP contribution in [-0.4, -0.2) is 16.2 Å². The lowest BCUT2D eigenvalue weighted by atomic mass is 9.86. The van der Waals surface area contributed by atoms with Gasteiger partial charge in [0.1, 0.15) is 0 Å². The number of aliphatic hydroxyl groups is 1. The van der Waals surface area contributed by atoms with Crippen molar-refractivity contribution in [1.82, 2.24) is 0 Å². The summed E-state index contributed by atoms with van der Waals surface area (Å²) in [5.74, 6) is -4.27. The van der Waals surface area contributed by atoms with Crippen LogP contribution in [-0.2, 0) is 10.4 Å². The van der Waals surface area contributed by atoms with E-state index >= 15 is 0 Å². The molecule has 0 heterocycles. The summed E-state index contributed by atoms with van der Waals surface area (Å²) in [5.41, 5.74) is -3.31. The molecule has 2 rings (SSSR count). The van der Waals surface area contributed by atoms with E-state index in [2.05, 4.69) is 0 Å². The summed E-state index contributed by atoms with van der Waals surface area (Å²) >= 11 is 0. The van der Waals surface area contributed by atoms with Gasteiger partial charge in [0.25, 0.3) is 0 Å². The van der Waals surface area contributed by atoms with Crippen LogP contribution in [0.4, 0.5) is 8.78 Å². The summed E-state index contributed by atoms with van der Waals surface area (Å²) in [5, 5.41) is 19.5. The molecule has 0 spiro atoms. The van der Waals surface area contributed by atoms with Crippen LogP contribution >= 0.6 is 0 Å². The van der Waals surface area contributed by atoms with Gasteiger partial charge in [0, 0.05) is 5.56 Å². The lowest BCUT2D eigenvalue weighted by Gasteiger charge is -2.24. The highest BCUT2D eigenvalue weighted by molar-refractivity contribution is 5.83. The summed E-state index contributed by atoms with van der Waals surface area (Å²) in [6, 6.07) is 10.3. The second kappa shape index (κ2) is 4.78. The average Bonchev–Trinajstić information content (AvgIpc) is 2.42. The molecule has 3 nitrogen and oxygen atoms in total. The molecule has 19 heavy (non-hydrogen) atoms. The Hall–Kier alpha value is -2.27. The van der Waals surface area contributed by atoms with E-state index in [1.165, 1.54) is 24.3 Å². The first-order valence-electron chi connectivity index (χ1n) is 5.43. The van der Waals surface area contributed by atoms with Crippen molar-refractivity contribution in [2.45, 2.75) is 5.60 Å². The minimum absolute atomic E-state index is 0.0491. The maximum atomic E-state index is 13.7. The summed E-state index contributed by atoms with van der Waals surface area (Å²) in [6.07, 6.45) is 0. The van der Waals surface area contributed by atoms with Crippen molar-refractivity contribution in [3.63, 3.8) is 0 Å². The van der Waals surface area contributed by atoms with E-state index < -0.39 is 28.8 Å². The fraction of sp³-hybridized carbons (Fsp3) is 0.0714. The smallest absolute Gasteiger partial charge is 0.345 e. The number of halogens is 2. The van der Waals surface area contributed by atoms with Gasteiger partial charge in [0.05, 0.1) is 0 Å². The highest BCUT2D eigenvalue weighted by Gasteiger charge is 2.42. The van der Waals surface area contributed by atoms with Gasteiger partial charge in [-0.3, -0.25) is 0 Å². The zero-order valence-electron chi connectivity index (χ0n) is 9.68.